The van der Waals surface area contributed by atoms with Crippen molar-refractivity contribution in [3.05, 3.63) is 0 Å². The van der Waals surface area contributed by atoms with E-state index in [4.69, 9.17) is 37.9 Å². The Bertz CT molecular complexity index is 1770. The largest absolute Gasteiger partial charge is 1.00 e. The zero-order valence-electron chi connectivity index (χ0n) is 46.9. The van der Waals surface area contributed by atoms with Gasteiger partial charge in [0.25, 0.3) is 0 Å². The molecule has 0 aromatic carbocycles. The van der Waals surface area contributed by atoms with Crippen LogP contribution in [-0.4, -0.2) is 139 Å². The molecular formula is C53H92AgF3O17S. The maximum absolute atomic E-state index is 13.3. The molecule has 5 aliphatic rings. The van der Waals surface area contributed by atoms with Crippen LogP contribution in [0.25, 0.3) is 0 Å². The van der Waals surface area contributed by atoms with Gasteiger partial charge in [0.2, 0.25) is 6.10 Å². The van der Waals surface area contributed by atoms with Gasteiger partial charge in [0, 0.05) is 13.5 Å². The molecule has 17 nitrogen and oxygen atoms in total. The monoisotopic (exact) mass is 1200 g/mol. The molecule has 22 heteroatoms. The Hall–Kier alpha value is -2.37. The van der Waals surface area contributed by atoms with Crippen LogP contribution in [-0.2, 0) is 99.1 Å². The van der Waals surface area contributed by atoms with Gasteiger partial charge in [0.15, 0.2) is 0 Å². The molecule has 0 aromatic heterocycles. The molecular weight excluding hydrogens is 1110 g/mol. The average Bonchev–Trinajstić information content (AvgIpc) is 4.18. The summed E-state index contributed by atoms with van der Waals surface area (Å²) in [5, 5.41) is 0. The number of unbranched alkanes of at least 4 members (excludes halogenated alkanes) is 1. The van der Waals surface area contributed by atoms with Crippen LogP contribution in [0.2, 0.25) is 0 Å². The first kappa shape index (κ1) is 72.6. The van der Waals surface area contributed by atoms with Crippen molar-refractivity contribution in [3.8, 4) is 0 Å². The molecule has 0 radical (unpaired) electrons. The number of epoxide rings is 1. The van der Waals surface area contributed by atoms with Gasteiger partial charge in [-0.2, -0.15) is 13.2 Å². The Labute approximate surface area is 461 Å². The molecule has 1 heterocycles. The topological polar surface area (TPSA) is 229 Å². The van der Waals surface area contributed by atoms with Crippen LogP contribution in [0.3, 0.4) is 0 Å². The third kappa shape index (κ3) is 28.4. The minimum absolute atomic E-state index is 0. The van der Waals surface area contributed by atoms with E-state index in [1.54, 1.807) is 21.0 Å². The molecule has 4 saturated carbocycles. The summed E-state index contributed by atoms with van der Waals surface area (Å²) in [7, 11) is -3.64. The van der Waals surface area contributed by atoms with Crippen molar-refractivity contribution in [2.45, 2.75) is 190 Å². The van der Waals surface area contributed by atoms with Crippen molar-refractivity contribution in [1.82, 2.24) is 0 Å². The van der Waals surface area contributed by atoms with Crippen molar-refractivity contribution in [2.75, 3.05) is 72.3 Å². The van der Waals surface area contributed by atoms with Gasteiger partial charge in [-0.25, -0.2) is 8.42 Å². The molecule has 8 unspecified atom stereocenters. The third-order valence-corrected chi connectivity index (χ3v) is 15.0. The summed E-state index contributed by atoms with van der Waals surface area (Å²) in [5.41, 5.74) is -2.96. The van der Waals surface area contributed by atoms with E-state index in [2.05, 4.69) is 18.6 Å². The Kier molecular flexibility index (Phi) is 34.9. The molecule has 0 spiro atoms. The SMILES string of the molecule is CCC(C)(C)C(=O)OC12CC3CC(C1)CC(C(=O)OC(CS(=O)(=O)[O-])C(F)(F)F)(C3)C2.CCC(C)C(=O)OCC1CO1.CCC(C)C(=O)OCCOCCOCCOC.CCCCC(CC)COC(=O)C(C)CC.[Ag+]. The van der Waals surface area contributed by atoms with Gasteiger partial charge in [-0.3, -0.25) is 24.0 Å². The van der Waals surface area contributed by atoms with Gasteiger partial charge < -0.3 is 47.2 Å². The average molecular weight is 1200 g/mol. The van der Waals surface area contributed by atoms with Crippen LogP contribution in [0, 0.1) is 46.3 Å². The predicted molar refractivity (Wildman–Crippen MR) is 268 cm³/mol. The molecule has 0 N–H and O–H groups in total. The van der Waals surface area contributed by atoms with Crippen molar-refractivity contribution >= 4 is 40.0 Å². The van der Waals surface area contributed by atoms with E-state index in [1.165, 1.54) is 19.3 Å². The molecule has 5 fully saturated rings. The Morgan fingerprint density at radius 2 is 1.23 bits per heavy atom. The van der Waals surface area contributed by atoms with E-state index in [1.807, 2.05) is 48.5 Å². The van der Waals surface area contributed by atoms with Crippen LogP contribution < -0.4 is 0 Å². The number of hydrogen-bond donors (Lipinski definition) is 0. The van der Waals surface area contributed by atoms with Gasteiger partial charge >= 0.3 is 58.4 Å². The normalized spacial score (nSPS) is 23.3. The Balaban J connectivity index is 0.00000106. The first-order chi connectivity index (χ1) is 34.6. The van der Waals surface area contributed by atoms with Crippen LogP contribution in [0.15, 0.2) is 0 Å². The summed E-state index contributed by atoms with van der Waals surface area (Å²) in [6.45, 7) is 26.0. The number of methoxy groups -OCH3 is 1. The van der Waals surface area contributed by atoms with E-state index >= 15 is 0 Å². The second-order valence-corrected chi connectivity index (χ2v) is 22.6. The van der Waals surface area contributed by atoms with E-state index in [0.29, 0.717) is 90.9 Å². The first-order valence-electron chi connectivity index (χ1n) is 26.8. The van der Waals surface area contributed by atoms with Crippen molar-refractivity contribution in [3.63, 3.8) is 0 Å². The molecule has 5 rings (SSSR count). The van der Waals surface area contributed by atoms with E-state index in [-0.39, 0.29) is 82.4 Å². The quantitative estimate of drug-likeness (QED) is 0.0163. The van der Waals surface area contributed by atoms with Gasteiger partial charge in [0.1, 0.15) is 24.9 Å². The maximum atomic E-state index is 13.3. The molecule has 1 saturated heterocycles. The molecule has 4 bridgehead atoms. The first-order valence-corrected chi connectivity index (χ1v) is 28.4. The third-order valence-electron chi connectivity index (χ3n) is 14.3. The predicted octanol–water partition coefficient (Wildman–Crippen LogP) is 9.34. The summed E-state index contributed by atoms with van der Waals surface area (Å²) in [6, 6.07) is 0. The fourth-order valence-electron chi connectivity index (χ4n) is 8.68. The summed E-state index contributed by atoms with van der Waals surface area (Å²) in [4.78, 5) is 59.4. The fraction of sp³-hybridized carbons (Fsp3) is 0.906. The van der Waals surface area contributed by atoms with Crippen LogP contribution in [0.4, 0.5) is 13.2 Å². The van der Waals surface area contributed by atoms with Crippen LogP contribution in [0.1, 0.15) is 166 Å². The van der Waals surface area contributed by atoms with E-state index < -0.39 is 56.5 Å². The standard InChI is InChI=1S/C20H29F3O7S.C13H26O2.C12H24O5.C8H14O3.Ag/c1-4-17(2,3)15(24)30-19-8-12-5-13(9-19)7-18(6-12,11-19)16(25)29-14(20(21,22)23)10-31(26,27)28;1-5-8-9-12(7-3)10-15-13(14)11(4)6-2;1-4-11(2)12(13)17-10-9-16-8-7-15-6-5-14-3;1-3-6(2)8(9)11-5-7-4-10-7;/h12-14H,4-11H2,1-3H3,(H,26,27,28);11-12H,5-10H2,1-4H3;11H,4-10H2,1-3H3;6-7H,3-5H2,1-2H3;/q;;;;+1/p-1. The van der Waals surface area contributed by atoms with Crippen molar-refractivity contribution in [1.29, 1.82) is 0 Å². The fourth-order valence-corrected chi connectivity index (χ4v) is 9.31. The minimum atomic E-state index is -5.27. The minimum Gasteiger partial charge on any atom is -0.748 e. The Morgan fingerprint density at radius 1 is 0.733 bits per heavy atom. The summed E-state index contributed by atoms with van der Waals surface area (Å²) in [6.07, 6.45) is 2.28. The molecule has 0 aromatic rings. The van der Waals surface area contributed by atoms with Crippen LogP contribution in [0.5, 0.6) is 0 Å². The zero-order chi connectivity index (χ0) is 56.3. The number of rotatable bonds is 30. The van der Waals surface area contributed by atoms with E-state index in [9.17, 15) is 50.1 Å². The van der Waals surface area contributed by atoms with Crippen molar-refractivity contribution in [2.24, 2.45) is 46.3 Å². The molecule has 8 atom stereocenters. The zero-order valence-corrected chi connectivity index (χ0v) is 49.2. The maximum Gasteiger partial charge on any atom is 1.00 e. The number of hydrogen-bond acceptors (Lipinski definition) is 17. The van der Waals surface area contributed by atoms with Gasteiger partial charge in [-0.05, 0) is 95.8 Å². The van der Waals surface area contributed by atoms with Gasteiger partial charge in [-0.1, -0.05) is 81.6 Å². The van der Waals surface area contributed by atoms with E-state index in [0.717, 1.165) is 38.7 Å². The Morgan fingerprint density at radius 3 is 1.67 bits per heavy atom. The van der Waals surface area contributed by atoms with Gasteiger partial charge in [0.05, 0.1) is 90.7 Å². The van der Waals surface area contributed by atoms with Gasteiger partial charge in [-0.15, -0.1) is 0 Å². The van der Waals surface area contributed by atoms with Crippen LogP contribution >= 0.6 is 0 Å². The second-order valence-electron chi connectivity index (χ2n) is 21.2. The number of alkyl halides is 3. The van der Waals surface area contributed by atoms with Crippen molar-refractivity contribution < 1.29 is 115 Å². The molecule has 4 aliphatic carbocycles. The molecule has 0 amide bonds. The summed E-state index contributed by atoms with van der Waals surface area (Å²) < 4.78 is 118. The molecule has 444 valence electrons. The number of halogens is 3. The summed E-state index contributed by atoms with van der Waals surface area (Å²) >= 11 is 0. The number of esters is 5. The summed E-state index contributed by atoms with van der Waals surface area (Å²) in [5.74, 6) is -3.15. The smallest absolute Gasteiger partial charge is 0.748 e. The number of ether oxygens (including phenoxy) is 9. The number of carbonyl (C=O) groups is 5. The molecule has 1 aliphatic heterocycles. The molecule has 75 heavy (non-hydrogen) atoms. The number of carbonyl (C=O) groups excluding carboxylic acids is 5. The second kappa shape index (κ2) is 36.0.